The fourth-order valence-corrected chi connectivity index (χ4v) is 1.83. The first-order valence-electron chi connectivity index (χ1n) is 4.93. The molecular weight excluding hydrogens is 164 g/mol. The minimum absolute atomic E-state index is 0.379. The standard InChI is InChI=1S/C9H16N4/c1-10-8(5-7-3-2-4-7)9-6-11-13-12-9/h6-8,10H,2-5H2,1H3,(H,11,12,13). The summed E-state index contributed by atoms with van der Waals surface area (Å²) in [6.07, 6.45) is 7.18. The molecule has 1 aliphatic carbocycles. The zero-order valence-electron chi connectivity index (χ0n) is 7.95. The Balaban J connectivity index is 1.92. The van der Waals surface area contributed by atoms with Crippen LogP contribution in [0, 0.1) is 5.92 Å². The molecule has 0 amide bonds. The summed E-state index contributed by atoms with van der Waals surface area (Å²) in [6.45, 7) is 0. The van der Waals surface area contributed by atoms with Crippen molar-refractivity contribution in [3.05, 3.63) is 11.9 Å². The highest BCUT2D eigenvalue weighted by atomic mass is 15.3. The van der Waals surface area contributed by atoms with Gasteiger partial charge in [-0.15, -0.1) is 0 Å². The van der Waals surface area contributed by atoms with Crippen LogP contribution in [-0.2, 0) is 0 Å². The van der Waals surface area contributed by atoms with Crippen LogP contribution in [-0.4, -0.2) is 22.5 Å². The third-order valence-electron chi connectivity index (χ3n) is 2.93. The molecule has 72 valence electrons. The average Bonchev–Trinajstić information content (AvgIpc) is 2.55. The summed E-state index contributed by atoms with van der Waals surface area (Å²) in [5.74, 6) is 0.897. The lowest BCUT2D eigenvalue weighted by molar-refractivity contribution is 0.264. The van der Waals surface area contributed by atoms with Gasteiger partial charge >= 0.3 is 0 Å². The van der Waals surface area contributed by atoms with Gasteiger partial charge in [0.1, 0.15) is 0 Å². The molecule has 0 radical (unpaired) electrons. The maximum atomic E-state index is 4.10. The van der Waals surface area contributed by atoms with Crippen molar-refractivity contribution in [3.8, 4) is 0 Å². The molecular formula is C9H16N4. The zero-order chi connectivity index (χ0) is 9.10. The Morgan fingerprint density at radius 3 is 3.00 bits per heavy atom. The summed E-state index contributed by atoms with van der Waals surface area (Å²) in [5, 5.41) is 13.9. The quantitative estimate of drug-likeness (QED) is 0.733. The van der Waals surface area contributed by atoms with E-state index < -0.39 is 0 Å². The summed E-state index contributed by atoms with van der Waals surface area (Å²) < 4.78 is 0. The van der Waals surface area contributed by atoms with E-state index in [1.807, 2.05) is 7.05 Å². The van der Waals surface area contributed by atoms with Gasteiger partial charge in [-0.1, -0.05) is 19.3 Å². The number of aromatic amines is 1. The van der Waals surface area contributed by atoms with E-state index in [0.717, 1.165) is 11.6 Å². The normalized spacial score (nSPS) is 19.8. The van der Waals surface area contributed by atoms with E-state index in [1.165, 1.54) is 25.7 Å². The fraction of sp³-hybridized carbons (Fsp3) is 0.778. The van der Waals surface area contributed by atoms with Crippen molar-refractivity contribution in [2.24, 2.45) is 5.92 Å². The Hall–Kier alpha value is -0.900. The molecule has 2 rings (SSSR count). The second kappa shape index (κ2) is 3.87. The molecule has 0 bridgehead atoms. The van der Waals surface area contributed by atoms with Crippen LogP contribution >= 0.6 is 0 Å². The Morgan fingerprint density at radius 1 is 1.69 bits per heavy atom. The summed E-state index contributed by atoms with van der Waals surface area (Å²) >= 11 is 0. The number of rotatable bonds is 4. The minimum atomic E-state index is 0.379. The Morgan fingerprint density at radius 2 is 2.54 bits per heavy atom. The van der Waals surface area contributed by atoms with Crippen molar-refractivity contribution in [3.63, 3.8) is 0 Å². The van der Waals surface area contributed by atoms with Crippen molar-refractivity contribution in [2.75, 3.05) is 7.05 Å². The molecule has 4 heteroatoms. The zero-order valence-corrected chi connectivity index (χ0v) is 7.95. The van der Waals surface area contributed by atoms with Crippen LogP contribution in [0.4, 0.5) is 0 Å². The van der Waals surface area contributed by atoms with Gasteiger partial charge in [-0.05, 0) is 19.4 Å². The van der Waals surface area contributed by atoms with E-state index in [9.17, 15) is 0 Å². The third-order valence-corrected chi connectivity index (χ3v) is 2.93. The fourth-order valence-electron chi connectivity index (χ4n) is 1.83. The Labute approximate surface area is 78.1 Å². The number of nitrogens with zero attached hydrogens (tertiary/aromatic N) is 2. The second-order valence-electron chi connectivity index (χ2n) is 3.77. The van der Waals surface area contributed by atoms with Crippen LogP contribution in [0.3, 0.4) is 0 Å². The van der Waals surface area contributed by atoms with Crippen LogP contribution in [0.2, 0.25) is 0 Å². The van der Waals surface area contributed by atoms with Gasteiger partial charge in [0.15, 0.2) is 0 Å². The lowest BCUT2D eigenvalue weighted by Gasteiger charge is -2.28. The highest BCUT2D eigenvalue weighted by Gasteiger charge is 2.23. The molecule has 0 saturated heterocycles. The predicted molar refractivity (Wildman–Crippen MR) is 50.1 cm³/mol. The summed E-state index contributed by atoms with van der Waals surface area (Å²) in [4.78, 5) is 0. The van der Waals surface area contributed by atoms with Crippen molar-refractivity contribution >= 4 is 0 Å². The molecule has 0 aliphatic heterocycles. The Bertz CT molecular complexity index is 240. The molecule has 1 saturated carbocycles. The van der Waals surface area contributed by atoms with Crippen molar-refractivity contribution in [1.82, 2.24) is 20.7 Å². The SMILES string of the molecule is CNC(CC1CCC1)c1cn[nH]n1. The van der Waals surface area contributed by atoms with Gasteiger partial charge in [0.2, 0.25) is 0 Å². The highest BCUT2D eigenvalue weighted by molar-refractivity contribution is 5.00. The summed E-state index contributed by atoms with van der Waals surface area (Å²) in [5.41, 5.74) is 1.04. The predicted octanol–water partition coefficient (Wildman–Crippen LogP) is 1.26. The highest BCUT2D eigenvalue weighted by Crippen LogP contribution is 2.33. The minimum Gasteiger partial charge on any atom is -0.312 e. The maximum Gasteiger partial charge on any atom is 0.0993 e. The van der Waals surface area contributed by atoms with Crippen molar-refractivity contribution in [1.29, 1.82) is 0 Å². The van der Waals surface area contributed by atoms with Gasteiger partial charge in [0, 0.05) is 0 Å². The number of aromatic nitrogens is 3. The van der Waals surface area contributed by atoms with Gasteiger partial charge in [-0.25, -0.2) is 0 Å². The van der Waals surface area contributed by atoms with E-state index in [0.29, 0.717) is 6.04 Å². The van der Waals surface area contributed by atoms with Crippen molar-refractivity contribution < 1.29 is 0 Å². The van der Waals surface area contributed by atoms with Crippen LogP contribution in [0.15, 0.2) is 6.20 Å². The first-order valence-corrected chi connectivity index (χ1v) is 4.93. The van der Waals surface area contributed by atoms with E-state index in [4.69, 9.17) is 0 Å². The van der Waals surface area contributed by atoms with Gasteiger partial charge in [-0.2, -0.15) is 15.4 Å². The third kappa shape index (κ3) is 1.88. The molecule has 13 heavy (non-hydrogen) atoms. The first kappa shape index (κ1) is 8.69. The molecule has 2 N–H and O–H groups in total. The van der Waals surface area contributed by atoms with E-state index >= 15 is 0 Å². The first-order chi connectivity index (χ1) is 6.40. The maximum absolute atomic E-state index is 4.10. The smallest absolute Gasteiger partial charge is 0.0993 e. The van der Waals surface area contributed by atoms with Crippen LogP contribution < -0.4 is 5.32 Å². The number of H-pyrrole nitrogens is 1. The van der Waals surface area contributed by atoms with Gasteiger partial charge in [0.25, 0.3) is 0 Å². The summed E-state index contributed by atoms with van der Waals surface area (Å²) in [7, 11) is 1.98. The molecule has 1 heterocycles. The van der Waals surface area contributed by atoms with Crippen molar-refractivity contribution in [2.45, 2.75) is 31.7 Å². The van der Waals surface area contributed by atoms with Crippen LogP contribution in [0.1, 0.15) is 37.4 Å². The van der Waals surface area contributed by atoms with Gasteiger partial charge < -0.3 is 5.32 Å². The van der Waals surface area contributed by atoms with E-state index in [1.54, 1.807) is 6.20 Å². The lowest BCUT2D eigenvalue weighted by Crippen LogP contribution is -2.23. The Kier molecular flexibility index (Phi) is 2.59. The van der Waals surface area contributed by atoms with E-state index in [-0.39, 0.29) is 0 Å². The molecule has 1 unspecified atom stereocenters. The molecule has 1 fully saturated rings. The summed E-state index contributed by atoms with van der Waals surface area (Å²) in [6, 6.07) is 0.379. The lowest BCUT2D eigenvalue weighted by atomic mass is 9.80. The molecule has 1 atom stereocenters. The molecule has 4 nitrogen and oxygen atoms in total. The molecule has 1 aliphatic rings. The number of nitrogens with one attached hydrogen (secondary N) is 2. The molecule has 1 aromatic heterocycles. The van der Waals surface area contributed by atoms with Crippen LogP contribution in [0.25, 0.3) is 0 Å². The monoisotopic (exact) mass is 180 g/mol. The van der Waals surface area contributed by atoms with E-state index in [2.05, 4.69) is 20.7 Å². The molecule has 0 spiro atoms. The number of hydrogen-bond acceptors (Lipinski definition) is 3. The van der Waals surface area contributed by atoms with Gasteiger partial charge in [-0.3, -0.25) is 0 Å². The topological polar surface area (TPSA) is 53.6 Å². The average molecular weight is 180 g/mol. The van der Waals surface area contributed by atoms with Gasteiger partial charge in [0.05, 0.1) is 17.9 Å². The number of hydrogen-bond donors (Lipinski definition) is 2. The van der Waals surface area contributed by atoms with Crippen LogP contribution in [0.5, 0.6) is 0 Å². The molecule has 0 aromatic carbocycles. The largest absolute Gasteiger partial charge is 0.312 e. The molecule has 1 aromatic rings. The second-order valence-corrected chi connectivity index (χ2v) is 3.77.